The predicted octanol–water partition coefficient (Wildman–Crippen LogP) is 4.03. The Morgan fingerprint density at radius 2 is 2.00 bits per heavy atom. The summed E-state index contributed by atoms with van der Waals surface area (Å²) in [7, 11) is 0. The highest BCUT2D eigenvalue weighted by atomic mass is 35.5. The van der Waals surface area contributed by atoms with Crippen molar-refractivity contribution < 1.29 is 9.90 Å². The van der Waals surface area contributed by atoms with Crippen molar-refractivity contribution in [1.82, 2.24) is 4.57 Å². The summed E-state index contributed by atoms with van der Waals surface area (Å²) in [6.45, 7) is 3.79. The van der Waals surface area contributed by atoms with Gasteiger partial charge in [-0.05, 0) is 37.6 Å². The van der Waals surface area contributed by atoms with E-state index >= 15 is 0 Å². The Kier molecular flexibility index (Phi) is 3.88. The summed E-state index contributed by atoms with van der Waals surface area (Å²) in [4.78, 5) is 10.8. The molecule has 0 unspecified atom stereocenters. The number of carboxylic acid groups (broad SMARTS) is 1. The fraction of sp³-hybridized carbons (Fsp3) is 0.214. The third-order valence-corrected chi connectivity index (χ3v) is 3.86. The van der Waals surface area contributed by atoms with Gasteiger partial charge in [-0.1, -0.05) is 29.3 Å². The van der Waals surface area contributed by atoms with E-state index in [-0.39, 0.29) is 6.42 Å². The van der Waals surface area contributed by atoms with Crippen molar-refractivity contribution in [2.75, 3.05) is 0 Å². The standard InChI is InChI=1S/C14H13Cl2NO2/c1-8-6-10(7-13(18)19)9(2)17(8)12-5-3-4-11(15)14(12)16/h3-6H,7H2,1-2H3,(H,18,19). The first-order valence-corrected chi connectivity index (χ1v) is 6.51. The fourth-order valence-corrected chi connectivity index (χ4v) is 2.59. The molecular formula is C14H13Cl2NO2. The number of hydrogen-bond donors (Lipinski definition) is 1. The van der Waals surface area contributed by atoms with Crippen molar-refractivity contribution in [3.63, 3.8) is 0 Å². The highest BCUT2D eigenvalue weighted by Gasteiger charge is 2.15. The summed E-state index contributed by atoms with van der Waals surface area (Å²) < 4.78 is 1.92. The molecule has 0 saturated heterocycles. The molecule has 0 saturated carbocycles. The zero-order chi connectivity index (χ0) is 14.2. The summed E-state index contributed by atoms with van der Waals surface area (Å²) in [5, 5.41) is 9.85. The van der Waals surface area contributed by atoms with Gasteiger partial charge >= 0.3 is 5.97 Å². The molecule has 3 nitrogen and oxygen atoms in total. The first kappa shape index (κ1) is 14.0. The van der Waals surface area contributed by atoms with Crippen LogP contribution in [0.5, 0.6) is 0 Å². The van der Waals surface area contributed by atoms with Crippen LogP contribution in [0.1, 0.15) is 17.0 Å². The van der Waals surface area contributed by atoms with Crippen molar-refractivity contribution in [3.8, 4) is 5.69 Å². The monoisotopic (exact) mass is 297 g/mol. The second kappa shape index (κ2) is 5.27. The molecule has 0 aliphatic heterocycles. The molecule has 5 heteroatoms. The molecule has 0 amide bonds. The van der Waals surface area contributed by atoms with E-state index in [2.05, 4.69) is 0 Å². The quantitative estimate of drug-likeness (QED) is 0.929. The van der Waals surface area contributed by atoms with Crippen molar-refractivity contribution in [3.05, 3.63) is 51.3 Å². The van der Waals surface area contributed by atoms with E-state index in [0.717, 1.165) is 22.6 Å². The number of carbonyl (C=O) groups is 1. The molecule has 1 aromatic heterocycles. The molecule has 2 aromatic rings. The SMILES string of the molecule is Cc1cc(CC(=O)O)c(C)n1-c1cccc(Cl)c1Cl. The molecule has 0 spiro atoms. The Balaban J connectivity index is 2.60. The molecule has 0 aliphatic rings. The average molecular weight is 298 g/mol. The smallest absolute Gasteiger partial charge is 0.307 e. The van der Waals surface area contributed by atoms with Crippen LogP contribution in [-0.4, -0.2) is 15.6 Å². The van der Waals surface area contributed by atoms with E-state index in [1.54, 1.807) is 6.07 Å². The van der Waals surface area contributed by atoms with Gasteiger partial charge in [-0.3, -0.25) is 4.79 Å². The van der Waals surface area contributed by atoms with Crippen LogP contribution in [0, 0.1) is 13.8 Å². The number of hydrogen-bond acceptors (Lipinski definition) is 1. The number of aryl methyl sites for hydroxylation is 1. The highest BCUT2D eigenvalue weighted by molar-refractivity contribution is 6.43. The van der Waals surface area contributed by atoms with E-state index in [0.29, 0.717) is 10.0 Å². The Hall–Kier alpha value is -1.45. The van der Waals surface area contributed by atoms with Crippen molar-refractivity contribution in [2.45, 2.75) is 20.3 Å². The molecule has 2 rings (SSSR count). The molecule has 100 valence electrons. The average Bonchev–Trinajstić information content (AvgIpc) is 2.58. The van der Waals surface area contributed by atoms with Crippen molar-refractivity contribution in [2.24, 2.45) is 0 Å². The largest absolute Gasteiger partial charge is 0.481 e. The third kappa shape index (κ3) is 2.62. The van der Waals surface area contributed by atoms with Gasteiger partial charge in [0.25, 0.3) is 0 Å². The second-order valence-electron chi connectivity index (χ2n) is 4.38. The van der Waals surface area contributed by atoms with Crippen LogP contribution < -0.4 is 0 Å². The Bertz CT molecular complexity index is 647. The van der Waals surface area contributed by atoms with Crippen LogP contribution in [0.4, 0.5) is 0 Å². The van der Waals surface area contributed by atoms with Gasteiger partial charge in [0.2, 0.25) is 0 Å². The van der Waals surface area contributed by atoms with Crippen LogP contribution in [0.2, 0.25) is 10.0 Å². The van der Waals surface area contributed by atoms with Gasteiger partial charge in [-0.15, -0.1) is 0 Å². The van der Waals surface area contributed by atoms with Gasteiger partial charge in [0.05, 0.1) is 22.2 Å². The van der Waals surface area contributed by atoms with E-state index in [1.165, 1.54) is 0 Å². The van der Waals surface area contributed by atoms with Gasteiger partial charge in [-0.25, -0.2) is 0 Å². The van der Waals surface area contributed by atoms with E-state index in [4.69, 9.17) is 28.3 Å². The minimum Gasteiger partial charge on any atom is -0.481 e. The molecule has 1 N–H and O–H groups in total. The summed E-state index contributed by atoms with van der Waals surface area (Å²) in [6, 6.07) is 7.26. The Labute approximate surface area is 121 Å². The van der Waals surface area contributed by atoms with Crippen LogP contribution in [0.25, 0.3) is 5.69 Å². The van der Waals surface area contributed by atoms with Crippen LogP contribution in [-0.2, 0) is 11.2 Å². The number of halogens is 2. The van der Waals surface area contributed by atoms with Crippen molar-refractivity contribution in [1.29, 1.82) is 0 Å². The van der Waals surface area contributed by atoms with Crippen LogP contribution in [0.15, 0.2) is 24.3 Å². The molecule has 0 fully saturated rings. The van der Waals surface area contributed by atoms with Gasteiger partial charge in [0, 0.05) is 11.4 Å². The number of aliphatic carboxylic acids is 1. The first-order chi connectivity index (χ1) is 8.91. The lowest BCUT2D eigenvalue weighted by Gasteiger charge is -2.12. The topological polar surface area (TPSA) is 42.2 Å². The molecular weight excluding hydrogens is 285 g/mol. The number of carboxylic acids is 1. The van der Waals surface area contributed by atoms with E-state index in [1.807, 2.05) is 36.6 Å². The molecule has 0 atom stereocenters. The summed E-state index contributed by atoms with van der Waals surface area (Å²) >= 11 is 12.2. The highest BCUT2D eigenvalue weighted by Crippen LogP contribution is 2.31. The molecule has 0 bridgehead atoms. The maximum Gasteiger partial charge on any atom is 0.307 e. The van der Waals surface area contributed by atoms with E-state index < -0.39 is 5.97 Å². The number of benzene rings is 1. The molecule has 19 heavy (non-hydrogen) atoms. The zero-order valence-corrected chi connectivity index (χ0v) is 12.1. The second-order valence-corrected chi connectivity index (χ2v) is 5.16. The minimum absolute atomic E-state index is 0.00212. The maximum absolute atomic E-state index is 10.8. The zero-order valence-electron chi connectivity index (χ0n) is 10.6. The Morgan fingerprint density at radius 3 is 2.63 bits per heavy atom. The molecule has 1 heterocycles. The van der Waals surface area contributed by atoms with Gasteiger partial charge < -0.3 is 9.67 Å². The van der Waals surface area contributed by atoms with Crippen molar-refractivity contribution >= 4 is 29.2 Å². The summed E-state index contributed by atoms with van der Waals surface area (Å²) in [6.07, 6.45) is -0.00212. The molecule has 1 aromatic carbocycles. The number of aromatic nitrogens is 1. The third-order valence-electron chi connectivity index (χ3n) is 3.05. The summed E-state index contributed by atoms with van der Waals surface area (Å²) in [5.74, 6) is -0.850. The van der Waals surface area contributed by atoms with Gasteiger partial charge in [-0.2, -0.15) is 0 Å². The first-order valence-electron chi connectivity index (χ1n) is 5.75. The minimum atomic E-state index is -0.850. The summed E-state index contributed by atoms with van der Waals surface area (Å²) in [5.41, 5.74) is 3.34. The number of nitrogens with zero attached hydrogens (tertiary/aromatic N) is 1. The lowest BCUT2D eigenvalue weighted by Crippen LogP contribution is -2.03. The lowest BCUT2D eigenvalue weighted by molar-refractivity contribution is -0.136. The van der Waals surface area contributed by atoms with Crippen LogP contribution >= 0.6 is 23.2 Å². The predicted molar refractivity (Wildman–Crippen MR) is 76.6 cm³/mol. The lowest BCUT2D eigenvalue weighted by atomic mass is 10.2. The van der Waals surface area contributed by atoms with Crippen LogP contribution in [0.3, 0.4) is 0 Å². The molecule has 0 aliphatic carbocycles. The Morgan fingerprint density at radius 1 is 1.32 bits per heavy atom. The normalized spacial score (nSPS) is 10.7. The van der Waals surface area contributed by atoms with Gasteiger partial charge in [0.1, 0.15) is 0 Å². The van der Waals surface area contributed by atoms with Gasteiger partial charge in [0.15, 0.2) is 0 Å². The number of rotatable bonds is 3. The maximum atomic E-state index is 10.8. The van der Waals surface area contributed by atoms with E-state index in [9.17, 15) is 4.79 Å². The molecule has 0 radical (unpaired) electrons. The fourth-order valence-electron chi connectivity index (χ4n) is 2.21.